The molecule has 1 unspecified atom stereocenters. The van der Waals surface area contributed by atoms with Crippen molar-refractivity contribution in [2.45, 2.75) is 40.0 Å². The molecule has 1 rings (SSSR count). The number of nitrogens with zero attached hydrogens (tertiary/aromatic N) is 1. The average Bonchev–Trinajstić information content (AvgIpc) is 2.45. The minimum Gasteiger partial charge on any atom is -0.246 e. The molecule has 0 radical (unpaired) electrons. The first-order chi connectivity index (χ1) is 6.67. The van der Waals surface area contributed by atoms with Crippen LogP contribution in [0.2, 0.25) is 0 Å². The van der Waals surface area contributed by atoms with Gasteiger partial charge in [0.1, 0.15) is 0 Å². The van der Waals surface area contributed by atoms with Crippen molar-refractivity contribution in [1.82, 2.24) is 4.98 Å². The summed E-state index contributed by atoms with van der Waals surface area (Å²) in [6.07, 6.45) is 3.47. The van der Waals surface area contributed by atoms with E-state index in [4.69, 9.17) is 11.6 Å². The lowest BCUT2D eigenvalue weighted by molar-refractivity contribution is 0.527. The van der Waals surface area contributed by atoms with Crippen LogP contribution in [0.25, 0.3) is 0 Å². The Bertz CT molecular complexity index is 263. The van der Waals surface area contributed by atoms with Gasteiger partial charge in [0.05, 0.1) is 10.7 Å². The number of aryl methyl sites for hydroxylation is 2. The number of rotatable bonds is 5. The van der Waals surface area contributed by atoms with Crippen molar-refractivity contribution in [3.63, 3.8) is 0 Å². The normalized spacial score (nSPS) is 13.1. The van der Waals surface area contributed by atoms with Crippen LogP contribution in [-0.4, -0.2) is 10.9 Å². The highest BCUT2D eigenvalue weighted by Crippen LogP contribution is 2.22. The van der Waals surface area contributed by atoms with Crippen LogP contribution in [0, 0.1) is 19.8 Å². The lowest BCUT2D eigenvalue weighted by Crippen LogP contribution is -2.05. The largest absolute Gasteiger partial charge is 0.246 e. The van der Waals surface area contributed by atoms with Crippen LogP contribution in [0.4, 0.5) is 0 Å². The van der Waals surface area contributed by atoms with Gasteiger partial charge in [0, 0.05) is 17.2 Å². The fourth-order valence-electron chi connectivity index (χ4n) is 1.52. The van der Waals surface area contributed by atoms with E-state index in [9.17, 15) is 0 Å². The highest BCUT2D eigenvalue weighted by Gasteiger charge is 2.11. The summed E-state index contributed by atoms with van der Waals surface area (Å²) in [7, 11) is 0. The van der Waals surface area contributed by atoms with E-state index in [1.54, 1.807) is 0 Å². The standard InChI is InChI=1S/C11H18ClNS/c1-4-5-10(7-12)6-11-13-8(2)9(3)14-11/h10H,4-7H2,1-3H3. The SMILES string of the molecule is CCCC(CCl)Cc1nc(C)c(C)s1. The number of thiazole rings is 1. The van der Waals surface area contributed by atoms with Gasteiger partial charge >= 0.3 is 0 Å². The van der Waals surface area contributed by atoms with Gasteiger partial charge in [-0.3, -0.25) is 0 Å². The van der Waals surface area contributed by atoms with Crippen LogP contribution >= 0.6 is 22.9 Å². The maximum absolute atomic E-state index is 5.92. The van der Waals surface area contributed by atoms with Crippen LogP contribution in [0.5, 0.6) is 0 Å². The third-order valence-electron chi connectivity index (χ3n) is 2.45. The molecule has 1 heterocycles. The summed E-state index contributed by atoms with van der Waals surface area (Å²) in [4.78, 5) is 5.88. The summed E-state index contributed by atoms with van der Waals surface area (Å²) in [5.74, 6) is 1.36. The molecule has 0 bridgehead atoms. The molecule has 0 fully saturated rings. The molecule has 0 aliphatic carbocycles. The highest BCUT2D eigenvalue weighted by atomic mass is 35.5. The maximum atomic E-state index is 5.92. The van der Waals surface area contributed by atoms with E-state index in [1.807, 2.05) is 11.3 Å². The number of aromatic nitrogens is 1. The zero-order valence-corrected chi connectivity index (χ0v) is 10.7. The molecule has 3 heteroatoms. The predicted octanol–water partition coefficient (Wildman–Crippen LogP) is 3.96. The quantitative estimate of drug-likeness (QED) is 0.700. The Labute approximate surface area is 95.5 Å². The summed E-state index contributed by atoms with van der Waals surface area (Å²) >= 11 is 7.73. The summed E-state index contributed by atoms with van der Waals surface area (Å²) in [5.41, 5.74) is 1.18. The predicted molar refractivity (Wildman–Crippen MR) is 64.4 cm³/mol. The second kappa shape index (κ2) is 5.72. The molecular formula is C11H18ClNS. The van der Waals surface area contributed by atoms with Gasteiger partial charge in [0.15, 0.2) is 0 Å². The fraction of sp³-hybridized carbons (Fsp3) is 0.727. The van der Waals surface area contributed by atoms with E-state index in [2.05, 4.69) is 25.8 Å². The molecule has 14 heavy (non-hydrogen) atoms. The average molecular weight is 232 g/mol. The topological polar surface area (TPSA) is 12.9 Å². The summed E-state index contributed by atoms with van der Waals surface area (Å²) < 4.78 is 0. The van der Waals surface area contributed by atoms with Gasteiger partial charge in [0.2, 0.25) is 0 Å². The maximum Gasteiger partial charge on any atom is 0.0934 e. The third-order valence-corrected chi connectivity index (χ3v) is 3.98. The Balaban J connectivity index is 2.57. The first-order valence-electron chi connectivity index (χ1n) is 5.16. The second-order valence-electron chi connectivity index (χ2n) is 3.76. The van der Waals surface area contributed by atoms with Gasteiger partial charge in [-0.25, -0.2) is 4.98 Å². The van der Waals surface area contributed by atoms with E-state index in [-0.39, 0.29) is 0 Å². The number of halogens is 1. The van der Waals surface area contributed by atoms with Crippen molar-refractivity contribution in [3.8, 4) is 0 Å². The molecule has 0 amide bonds. The van der Waals surface area contributed by atoms with Gasteiger partial charge in [-0.2, -0.15) is 0 Å². The molecule has 0 aromatic carbocycles. The molecule has 1 aromatic rings. The van der Waals surface area contributed by atoms with Crippen LogP contribution in [-0.2, 0) is 6.42 Å². The van der Waals surface area contributed by atoms with Crippen molar-refractivity contribution in [2.24, 2.45) is 5.92 Å². The lowest BCUT2D eigenvalue weighted by Gasteiger charge is -2.09. The zero-order chi connectivity index (χ0) is 10.6. The Morgan fingerprint density at radius 1 is 1.43 bits per heavy atom. The van der Waals surface area contributed by atoms with E-state index in [0.717, 1.165) is 12.3 Å². The first kappa shape index (κ1) is 12.0. The molecule has 0 aliphatic heterocycles. The minimum absolute atomic E-state index is 0.603. The van der Waals surface area contributed by atoms with Crippen molar-refractivity contribution in [1.29, 1.82) is 0 Å². The van der Waals surface area contributed by atoms with E-state index < -0.39 is 0 Å². The van der Waals surface area contributed by atoms with Crippen molar-refractivity contribution in [3.05, 3.63) is 15.6 Å². The van der Waals surface area contributed by atoms with Crippen molar-refractivity contribution < 1.29 is 0 Å². The van der Waals surface area contributed by atoms with Crippen molar-refractivity contribution in [2.75, 3.05) is 5.88 Å². The fourth-order valence-corrected chi connectivity index (χ4v) is 2.83. The van der Waals surface area contributed by atoms with E-state index in [1.165, 1.54) is 28.4 Å². The third kappa shape index (κ3) is 3.25. The van der Waals surface area contributed by atoms with Crippen LogP contribution < -0.4 is 0 Å². The van der Waals surface area contributed by atoms with E-state index >= 15 is 0 Å². The number of alkyl halides is 1. The number of hydrogen-bond donors (Lipinski definition) is 0. The monoisotopic (exact) mass is 231 g/mol. The van der Waals surface area contributed by atoms with Gasteiger partial charge < -0.3 is 0 Å². The Morgan fingerprint density at radius 3 is 2.57 bits per heavy atom. The molecular weight excluding hydrogens is 214 g/mol. The Kier molecular flexibility index (Phi) is 4.90. The molecule has 80 valence electrons. The molecule has 1 aromatic heterocycles. The highest BCUT2D eigenvalue weighted by molar-refractivity contribution is 7.11. The molecule has 0 aliphatic rings. The molecule has 1 atom stereocenters. The van der Waals surface area contributed by atoms with Gasteiger partial charge in [0.25, 0.3) is 0 Å². The molecule has 0 saturated carbocycles. The minimum atomic E-state index is 0.603. The first-order valence-corrected chi connectivity index (χ1v) is 6.51. The Hall–Kier alpha value is -0.0800. The lowest BCUT2D eigenvalue weighted by atomic mass is 10.0. The smallest absolute Gasteiger partial charge is 0.0934 e. The van der Waals surface area contributed by atoms with Gasteiger partial charge in [-0.15, -0.1) is 22.9 Å². The second-order valence-corrected chi connectivity index (χ2v) is 5.36. The van der Waals surface area contributed by atoms with Crippen molar-refractivity contribution >= 4 is 22.9 Å². The zero-order valence-electron chi connectivity index (χ0n) is 9.14. The van der Waals surface area contributed by atoms with Crippen LogP contribution in [0.15, 0.2) is 0 Å². The molecule has 1 nitrogen and oxygen atoms in total. The molecule has 0 saturated heterocycles. The molecule has 0 N–H and O–H groups in total. The summed E-state index contributed by atoms with van der Waals surface area (Å²) in [5, 5.41) is 1.25. The van der Waals surface area contributed by atoms with Gasteiger partial charge in [-0.1, -0.05) is 13.3 Å². The van der Waals surface area contributed by atoms with Crippen LogP contribution in [0.1, 0.15) is 35.3 Å². The van der Waals surface area contributed by atoms with Crippen LogP contribution in [0.3, 0.4) is 0 Å². The molecule has 0 spiro atoms. The van der Waals surface area contributed by atoms with E-state index in [0.29, 0.717) is 5.92 Å². The summed E-state index contributed by atoms with van der Waals surface area (Å²) in [6.45, 7) is 6.41. The summed E-state index contributed by atoms with van der Waals surface area (Å²) in [6, 6.07) is 0. The van der Waals surface area contributed by atoms with Gasteiger partial charge in [-0.05, 0) is 26.2 Å². The Morgan fingerprint density at radius 2 is 2.14 bits per heavy atom. The number of hydrogen-bond acceptors (Lipinski definition) is 2.